The topological polar surface area (TPSA) is 63.2 Å². The number of carbonyl (C=O) groups is 1. The van der Waals surface area contributed by atoms with Crippen LogP contribution < -0.4 is 14.8 Å². The molecule has 0 fully saturated rings. The second kappa shape index (κ2) is 9.93. The minimum absolute atomic E-state index is 0.231. The van der Waals surface area contributed by atoms with E-state index in [-0.39, 0.29) is 12.1 Å². The molecule has 1 N–H and O–H groups in total. The number of nitrogens with zero attached hydrogens (tertiary/aromatic N) is 2. The van der Waals surface area contributed by atoms with Gasteiger partial charge in [0.15, 0.2) is 11.5 Å². The Morgan fingerprint density at radius 1 is 0.944 bits per heavy atom. The number of hydrogen-bond acceptors (Lipinski definition) is 4. The Labute approximate surface area is 207 Å². The van der Waals surface area contributed by atoms with E-state index in [2.05, 4.69) is 5.32 Å². The van der Waals surface area contributed by atoms with E-state index in [9.17, 15) is 18.0 Å². The number of halogens is 3. The summed E-state index contributed by atoms with van der Waals surface area (Å²) in [5, 5.41) is 8.78. The van der Waals surface area contributed by atoms with E-state index in [1.165, 1.54) is 17.1 Å². The third-order valence-corrected chi connectivity index (χ3v) is 6.13. The highest BCUT2D eigenvalue weighted by Crippen LogP contribution is 2.35. The van der Waals surface area contributed by atoms with Crippen molar-refractivity contribution >= 4 is 11.7 Å². The standard InChI is InChI=1S/C27H26F3N3O3/c1-16-13-20-14-23(35-3)24(36-4)15-22(20)25(32-33(16)26(34)31-2)19-7-5-17(6-8-19)18-9-11-21(12-10-18)27(28,29)30/h5-12,14-16H,13H2,1-4H3,(H,31,34). The van der Waals surface area contributed by atoms with Crippen LogP contribution in [0, 0.1) is 0 Å². The van der Waals surface area contributed by atoms with Gasteiger partial charge in [-0.15, -0.1) is 0 Å². The molecule has 0 saturated heterocycles. The number of benzene rings is 3. The number of amides is 2. The van der Waals surface area contributed by atoms with Crippen LogP contribution in [0.25, 0.3) is 11.1 Å². The number of alkyl halides is 3. The number of fused-ring (bicyclic) bond motifs is 1. The first-order chi connectivity index (χ1) is 17.2. The molecule has 188 valence electrons. The highest BCUT2D eigenvalue weighted by Gasteiger charge is 2.30. The molecule has 36 heavy (non-hydrogen) atoms. The van der Waals surface area contributed by atoms with Crippen LogP contribution in [-0.2, 0) is 12.6 Å². The quantitative estimate of drug-likeness (QED) is 0.501. The van der Waals surface area contributed by atoms with Crippen LogP contribution in [-0.4, -0.2) is 44.1 Å². The Balaban J connectivity index is 1.79. The summed E-state index contributed by atoms with van der Waals surface area (Å²) in [6, 6.07) is 15.5. The number of nitrogens with one attached hydrogen (secondary N) is 1. The summed E-state index contributed by atoms with van der Waals surface area (Å²) in [6.07, 6.45) is -3.84. The summed E-state index contributed by atoms with van der Waals surface area (Å²) in [6.45, 7) is 1.91. The van der Waals surface area contributed by atoms with Crippen molar-refractivity contribution < 1.29 is 27.4 Å². The van der Waals surface area contributed by atoms with Crippen molar-refractivity contribution in [1.29, 1.82) is 0 Å². The second-order valence-corrected chi connectivity index (χ2v) is 8.42. The molecule has 1 atom stereocenters. The zero-order chi connectivity index (χ0) is 26.0. The second-order valence-electron chi connectivity index (χ2n) is 8.42. The molecule has 1 aliphatic rings. The number of rotatable bonds is 4. The molecule has 0 saturated carbocycles. The minimum atomic E-state index is -4.38. The van der Waals surface area contributed by atoms with E-state index in [1.807, 2.05) is 43.3 Å². The number of hydrogen-bond donors (Lipinski definition) is 1. The van der Waals surface area contributed by atoms with Crippen LogP contribution in [0.2, 0.25) is 0 Å². The van der Waals surface area contributed by atoms with E-state index < -0.39 is 11.7 Å². The minimum Gasteiger partial charge on any atom is -0.493 e. The van der Waals surface area contributed by atoms with E-state index in [0.717, 1.165) is 34.4 Å². The van der Waals surface area contributed by atoms with Crippen molar-refractivity contribution in [2.24, 2.45) is 5.10 Å². The van der Waals surface area contributed by atoms with Gasteiger partial charge in [0.1, 0.15) is 0 Å². The Hall–Kier alpha value is -4.01. The maximum atomic E-state index is 12.9. The number of methoxy groups -OCH3 is 2. The van der Waals surface area contributed by atoms with Gasteiger partial charge in [0.25, 0.3) is 0 Å². The summed E-state index contributed by atoms with van der Waals surface area (Å²) in [7, 11) is 4.67. The molecule has 0 bridgehead atoms. The van der Waals surface area contributed by atoms with Crippen LogP contribution in [0.5, 0.6) is 11.5 Å². The normalized spacial score (nSPS) is 15.5. The number of urea groups is 1. The molecule has 1 aliphatic heterocycles. The summed E-state index contributed by atoms with van der Waals surface area (Å²) in [5.74, 6) is 1.11. The lowest BCUT2D eigenvalue weighted by Gasteiger charge is -2.22. The van der Waals surface area contributed by atoms with Gasteiger partial charge in [-0.05, 0) is 54.3 Å². The Kier molecular flexibility index (Phi) is 6.92. The number of carbonyl (C=O) groups excluding carboxylic acids is 1. The van der Waals surface area contributed by atoms with E-state index in [4.69, 9.17) is 14.6 Å². The summed E-state index contributed by atoms with van der Waals surface area (Å²) in [5.41, 5.74) is 3.76. The van der Waals surface area contributed by atoms with Crippen LogP contribution >= 0.6 is 0 Å². The highest BCUT2D eigenvalue weighted by atomic mass is 19.4. The predicted octanol–water partition coefficient (Wildman–Crippen LogP) is 5.73. The first-order valence-electron chi connectivity index (χ1n) is 11.3. The lowest BCUT2D eigenvalue weighted by atomic mass is 9.93. The van der Waals surface area contributed by atoms with Gasteiger partial charge in [-0.1, -0.05) is 36.4 Å². The summed E-state index contributed by atoms with van der Waals surface area (Å²) in [4.78, 5) is 12.6. The molecule has 0 aromatic heterocycles. The van der Waals surface area contributed by atoms with Crippen molar-refractivity contribution in [3.63, 3.8) is 0 Å². The molecular formula is C27H26F3N3O3. The molecule has 0 spiro atoms. The molecule has 6 nitrogen and oxygen atoms in total. The van der Waals surface area contributed by atoms with Gasteiger partial charge in [0.2, 0.25) is 0 Å². The van der Waals surface area contributed by atoms with Gasteiger partial charge < -0.3 is 14.8 Å². The maximum Gasteiger partial charge on any atom is 0.416 e. The average molecular weight is 498 g/mol. The molecule has 1 unspecified atom stereocenters. The van der Waals surface area contributed by atoms with Gasteiger partial charge >= 0.3 is 12.2 Å². The Morgan fingerprint density at radius 2 is 1.47 bits per heavy atom. The van der Waals surface area contributed by atoms with Crippen molar-refractivity contribution in [2.45, 2.75) is 25.6 Å². The van der Waals surface area contributed by atoms with E-state index in [0.29, 0.717) is 29.2 Å². The SMILES string of the molecule is CNC(=O)N1N=C(c2ccc(-c3ccc(C(F)(F)F)cc3)cc2)c2cc(OC)c(OC)cc2CC1C. The number of ether oxygens (including phenoxy) is 2. The molecule has 3 aromatic carbocycles. The van der Waals surface area contributed by atoms with Crippen molar-refractivity contribution in [2.75, 3.05) is 21.3 Å². The highest BCUT2D eigenvalue weighted by molar-refractivity contribution is 6.14. The average Bonchev–Trinajstić information content (AvgIpc) is 3.02. The van der Waals surface area contributed by atoms with Gasteiger partial charge in [-0.2, -0.15) is 18.3 Å². The fourth-order valence-corrected chi connectivity index (χ4v) is 4.22. The molecule has 0 aliphatic carbocycles. The third kappa shape index (κ3) is 4.86. The zero-order valence-corrected chi connectivity index (χ0v) is 20.3. The fraction of sp³-hybridized carbons (Fsp3) is 0.259. The van der Waals surface area contributed by atoms with Crippen molar-refractivity contribution in [1.82, 2.24) is 10.3 Å². The van der Waals surface area contributed by atoms with E-state index >= 15 is 0 Å². The first kappa shape index (κ1) is 25.1. The number of hydrazone groups is 1. The monoisotopic (exact) mass is 497 g/mol. The zero-order valence-electron chi connectivity index (χ0n) is 20.3. The van der Waals surface area contributed by atoms with Crippen LogP contribution in [0.15, 0.2) is 65.8 Å². The maximum absolute atomic E-state index is 12.9. The molecule has 1 heterocycles. The molecule has 9 heteroatoms. The fourth-order valence-electron chi connectivity index (χ4n) is 4.22. The van der Waals surface area contributed by atoms with E-state index in [1.54, 1.807) is 21.3 Å². The lowest BCUT2D eigenvalue weighted by molar-refractivity contribution is -0.137. The predicted molar refractivity (Wildman–Crippen MR) is 132 cm³/mol. The molecule has 2 amide bonds. The summed E-state index contributed by atoms with van der Waals surface area (Å²) >= 11 is 0. The van der Waals surface area contributed by atoms with Crippen molar-refractivity contribution in [3.05, 3.63) is 82.9 Å². The molecule has 0 radical (unpaired) electrons. The largest absolute Gasteiger partial charge is 0.493 e. The molecular weight excluding hydrogens is 471 g/mol. The van der Waals surface area contributed by atoms with Crippen LogP contribution in [0.4, 0.5) is 18.0 Å². The summed E-state index contributed by atoms with van der Waals surface area (Å²) < 4.78 is 49.7. The van der Waals surface area contributed by atoms with Crippen LogP contribution in [0.3, 0.4) is 0 Å². The third-order valence-electron chi connectivity index (χ3n) is 6.13. The lowest BCUT2D eigenvalue weighted by Crippen LogP contribution is -2.41. The Bertz CT molecular complexity index is 1290. The molecule has 3 aromatic rings. The van der Waals surface area contributed by atoms with Gasteiger partial charge in [0.05, 0.1) is 31.5 Å². The smallest absolute Gasteiger partial charge is 0.416 e. The van der Waals surface area contributed by atoms with Gasteiger partial charge in [-0.3, -0.25) is 0 Å². The van der Waals surface area contributed by atoms with Gasteiger partial charge in [0, 0.05) is 18.2 Å². The molecule has 4 rings (SSSR count). The van der Waals surface area contributed by atoms with Gasteiger partial charge in [-0.25, -0.2) is 9.80 Å². The van der Waals surface area contributed by atoms with Crippen molar-refractivity contribution in [3.8, 4) is 22.6 Å². The Morgan fingerprint density at radius 3 is 2.00 bits per heavy atom. The van der Waals surface area contributed by atoms with Crippen LogP contribution in [0.1, 0.15) is 29.2 Å². The first-order valence-corrected chi connectivity index (χ1v) is 11.3.